The first kappa shape index (κ1) is 19.1. The monoisotopic (exact) mass is 398 g/mol. The van der Waals surface area contributed by atoms with Crippen LogP contribution in [0.1, 0.15) is 0 Å². The second kappa shape index (κ2) is 6.64. The fourth-order valence-corrected chi connectivity index (χ4v) is 4.19. The van der Waals surface area contributed by atoms with Crippen LogP contribution < -0.4 is 3.71 Å². The van der Waals surface area contributed by atoms with Gasteiger partial charge < -0.3 is 0 Å². The lowest BCUT2D eigenvalue weighted by molar-refractivity contribution is 0.103. The van der Waals surface area contributed by atoms with Crippen molar-refractivity contribution in [3.8, 4) is 0 Å². The fourth-order valence-electron chi connectivity index (χ4n) is 1.09. The van der Waals surface area contributed by atoms with E-state index in [-0.39, 0.29) is 17.6 Å². The summed E-state index contributed by atoms with van der Waals surface area (Å²) in [6, 6.07) is 7.53. The van der Waals surface area contributed by atoms with Crippen molar-refractivity contribution in [2.24, 2.45) is 0 Å². The Kier molecular flexibility index (Phi) is 6.02. The highest BCUT2D eigenvalue weighted by atomic mass is 35.5. The molecule has 0 atom stereocenters. The average molecular weight is 400 g/mol. The molecule has 1 aromatic carbocycles. The molecule has 0 unspecified atom stereocenters. The van der Waals surface area contributed by atoms with Crippen LogP contribution in [-0.2, 0) is 10.2 Å². The lowest BCUT2D eigenvalue weighted by atomic mass is 10.3. The summed E-state index contributed by atoms with van der Waals surface area (Å²) in [5.74, 6) is 0. The zero-order chi connectivity index (χ0) is 16.5. The van der Waals surface area contributed by atoms with E-state index in [4.69, 9.17) is 34.8 Å². The highest BCUT2D eigenvalue weighted by Crippen LogP contribution is 2.52. The topological polar surface area (TPSA) is 40.6 Å². The van der Waals surface area contributed by atoms with Gasteiger partial charge in [-0.15, -0.1) is 0 Å². The van der Waals surface area contributed by atoms with Gasteiger partial charge in [-0.2, -0.15) is 25.2 Å². The van der Waals surface area contributed by atoms with Crippen molar-refractivity contribution in [3.63, 3.8) is 0 Å². The van der Waals surface area contributed by atoms with E-state index in [0.29, 0.717) is 3.71 Å². The molecule has 0 spiro atoms. The van der Waals surface area contributed by atoms with Crippen LogP contribution in [0, 0.1) is 0 Å². The molecule has 0 N–H and O–H groups in total. The van der Waals surface area contributed by atoms with Crippen molar-refractivity contribution < 1.29 is 17.2 Å². The summed E-state index contributed by atoms with van der Waals surface area (Å²) < 4.78 is 49.5. The van der Waals surface area contributed by atoms with Gasteiger partial charge in [0.15, 0.2) is 0 Å². The van der Waals surface area contributed by atoms with Gasteiger partial charge in [0.1, 0.15) is 0 Å². The summed E-state index contributed by atoms with van der Waals surface area (Å²) in [5, 5.41) is -4.05. The van der Waals surface area contributed by atoms with Crippen molar-refractivity contribution in [1.82, 2.24) is 4.31 Å². The number of nitrogens with zero attached hydrogens (tertiary/aromatic N) is 2. The number of halogens is 5. The Hall–Kier alpha value is 0.01000. The maximum Gasteiger partial charge on any atom is 0.365 e. The number of rotatable bonds is 6. The molecule has 4 nitrogen and oxygen atoms in total. The van der Waals surface area contributed by atoms with Gasteiger partial charge in [0.05, 0.1) is 5.69 Å². The smallest absolute Gasteiger partial charge is 0.196 e. The first-order valence-electron chi connectivity index (χ1n) is 5.31. The molecule has 1 rings (SSSR count). The normalized spacial score (nSPS) is 13.5. The first-order chi connectivity index (χ1) is 9.39. The minimum atomic E-state index is -4.12. The number of hydrogen-bond donors (Lipinski definition) is 0. The standard InChI is InChI=1S/C10H11Cl3F2N2O2S2/c1-16(2)21(18,19)17(8-6-4-3-5-7-8)20-9(11,12)10(13,14)15/h3-7H,1-2H3. The molecule has 0 amide bonds. The van der Waals surface area contributed by atoms with Gasteiger partial charge in [-0.25, -0.2) is 0 Å². The molecule has 0 aromatic heterocycles. The van der Waals surface area contributed by atoms with Crippen LogP contribution in [0.15, 0.2) is 30.3 Å². The molecule has 120 valence electrons. The molecule has 21 heavy (non-hydrogen) atoms. The molecular formula is C10H11Cl3F2N2O2S2. The van der Waals surface area contributed by atoms with E-state index in [1.165, 1.54) is 38.4 Å². The maximum absolute atomic E-state index is 13.2. The Labute approximate surface area is 141 Å². The van der Waals surface area contributed by atoms with Gasteiger partial charge in [-0.05, 0) is 23.7 Å². The van der Waals surface area contributed by atoms with Crippen molar-refractivity contribution in [3.05, 3.63) is 30.3 Å². The minimum absolute atomic E-state index is 0.00506. The van der Waals surface area contributed by atoms with Crippen LogP contribution in [0.3, 0.4) is 0 Å². The molecule has 0 bridgehead atoms. The lowest BCUT2D eigenvalue weighted by Gasteiger charge is -2.32. The van der Waals surface area contributed by atoms with Gasteiger partial charge in [-0.3, -0.25) is 0 Å². The van der Waals surface area contributed by atoms with E-state index < -0.39 is 19.3 Å². The van der Waals surface area contributed by atoms with E-state index in [1.807, 2.05) is 0 Å². The summed E-state index contributed by atoms with van der Waals surface area (Å²) >= 11 is 15.8. The lowest BCUT2D eigenvalue weighted by Crippen LogP contribution is -2.41. The molecule has 11 heteroatoms. The molecule has 0 aliphatic heterocycles. The Bertz CT molecular complexity index is 580. The molecule has 0 saturated heterocycles. The highest BCUT2D eigenvalue weighted by Gasteiger charge is 2.54. The molecule has 1 aromatic rings. The van der Waals surface area contributed by atoms with E-state index in [9.17, 15) is 17.2 Å². The zero-order valence-electron chi connectivity index (χ0n) is 10.8. The van der Waals surface area contributed by atoms with E-state index in [1.54, 1.807) is 6.07 Å². The van der Waals surface area contributed by atoms with Crippen LogP contribution in [0.4, 0.5) is 14.5 Å². The summed E-state index contributed by atoms with van der Waals surface area (Å²) in [4.78, 5) is 0. The van der Waals surface area contributed by atoms with Crippen LogP contribution >= 0.6 is 46.8 Å². The van der Waals surface area contributed by atoms with E-state index in [2.05, 4.69) is 0 Å². The maximum atomic E-state index is 13.2. The molecule has 0 aliphatic carbocycles. The second-order valence-corrected chi connectivity index (χ2v) is 9.59. The Morgan fingerprint density at radius 1 is 1.10 bits per heavy atom. The third-order valence-electron chi connectivity index (χ3n) is 2.17. The molecule has 0 radical (unpaired) electrons. The number of hydrogen-bond acceptors (Lipinski definition) is 3. The summed E-state index contributed by atoms with van der Waals surface area (Å²) in [5.41, 5.74) is 0.0998. The summed E-state index contributed by atoms with van der Waals surface area (Å²) in [6.07, 6.45) is 0. The molecular weight excluding hydrogens is 389 g/mol. The first-order valence-corrected chi connectivity index (χ1v) is 8.61. The third kappa shape index (κ3) is 4.49. The summed E-state index contributed by atoms with van der Waals surface area (Å²) in [7, 11) is -1.63. The predicted molar refractivity (Wildman–Crippen MR) is 84.4 cm³/mol. The van der Waals surface area contributed by atoms with Crippen LogP contribution in [0.25, 0.3) is 0 Å². The van der Waals surface area contributed by atoms with E-state index >= 15 is 0 Å². The molecule has 0 fully saturated rings. The van der Waals surface area contributed by atoms with Gasteiger partial charge in [-0.1, -0.05) is 41.4 Å². The average Bonchev–Trinajstić information content (AvgIpc) is 2.35. The van der Waals surface area contributed by atoms with Gasteiger partial charge in [0.25, 0.3) is 3.67 Å². The Morgan fingerprint density at radius 3 is 1.95 bits per heavy atom. The van der Waals surface area contributed by atoms with Crippen molar-refractivity contribution in [2.75, 3.05) is 17.8 Å². The van der Waals surface area contributed by atoms with Gasteiger partial charge in [0, 0.05) is 26.0 Å². The number of para-hydroxylation sites is 1. The van der Waals surface area contributed by atoms with Crippen LogP contribution in [0.5, 0.6) is 0 Å². The van der Waals surface area contributed by atoms with Crippen molar-refractivity contribution >= 4 is 62.6 Å². The quantitative estimate of drug-likeness (QED) is 0.538. The van der Waals surface area contributed by atoms with Crippen molar-refractivity contribution in [2.45, 2.75) is 9.05 Å². The predicted octanol–water partition coefficient (Wildman–Crippen LogP) is 3.91. The minimum Gasteiger partial charge on any atom is -0.196 e. The number of benzene rings is 1. The fraction of sp³-hybridized carbons (Fsp3) is 0.400. The highest BCUT2D eigenvalue weighted by molar-refractivity contribution is 8.16. The SMILES string of the molecule is CN(C)S(=O)(=O)N(SC(Cl)(Cl)C(F)(F)Cl)c1ccccc1. The third-order valence-corrected chi connectivity index (χ3v) is 6.85. The van der Waals surface area contributed by atoms with E-state index in [0.717, 1.165) is 4.31 Å². The van der Waals surface area contributed by atoms with Crippen molar-refractivity contribution in [1.29, 1.82) is 0 Å². The number of alkyl halides is 5. The largest absolute Gasteiger partial charge is 0.365 e. The Morgan fingerprint density at radius 2 is 1.57 bits per heavy atom. The number of anilines is 1. The van der Waals surface area contributed by atoms with Crippen LogP contribution in [-0.4, -0.2) is 35.9 Å². The van der Waals surface area contributed by atoms with Crippen LogP contribution in [0.2, 0.25) is 0 Å². The molecule has 0 aliphatic rings. The second-order valence-electron chi connectivity index (χ2n) is 3.96. The molecule has 0 saturated carbocycles. The zero-order valence-corrected chi connectivity index (χ0v) is 14.7. The van der Waals surface area contributed by atoms with Gasteiger partial charge >= 0.3 is 15.6 Å². The summed E-state index contributed by atoms with van der Waals surface area (Å²) in [6.45, 7) is 0. The van der Waals surface area contributed by atoms with Gasteiger partial charge in [0.2, 0.25) is 0 Å². The Balaban J connectivity index is 3.30. The molecule has 0 heterocycles.